The maximum atomic E-state index is 11.7. The van der Waals surface area contributed by atoms with Gasteiger partial charge in [-0.25, -0.2) is 9.78 Å². The third-order valence-corrected chi connectivity index (χ3v) is 4.99. The van der Waals surface area contributed by atoms with Gasteiger partial charge in [0.15, 0.2) is 17.3 Å². The molecular formula is C20H18ClN3O5S. The van der Waals surface area contributed by atoms with Gasteiger partial charge in [-0.3, -0.25) is 5.10 Å². The quantitative estimate of drug-likeness (QED) is 0.342. The summed E-state index contributed by atoms with van der Waals surface area (Å²) in [6, 6.07) is 9.65. The Kier molecular flexibility index (Phi) is 6.86. The fraction of sp³-hybridized carbons (Fsp3) is 0.150. The van der Waals surface area contributed by atoms with Gasteiger partial charge in [0.25, 0.3) is 0 Å². The highest BCUT2D eigenvalue weighted by Gasteiger charge is 2.17. The molecular weight excluding hydrogens is 430 g/mol. The summed E-state index contributed by atoms with van der Waals surface area (Å²) in [7, 11) is 1.53. The zero-order valence-corrected chi connectivity index (χ0v) is 17.6. The van der Waals surface area contributed by atoms with Crippen LogP contribution in [-0.2, 0) is 4.79 Å². The van der Waals surface area contributed by atoms with Crippen molar-refractivity contribution in [2.75, 3.05) is 13.7 Å². The number of nitrogens with one attached hydrogen (secondary N) is 1. The molecule has 0 unspecified atom stereocenters. The first kappa shape index (κ1) is 21.5. The molecule has 30 heavy (non-hydrogen) atoms. The van der Waals surface area contributed by atoms with Crippen LogP contribution in [0.4, 0.5) is 0 Å². The van der Waals surface area contributed by atoms with E-state index in [1.165, 1.54) is 19.3 Å². The summed E-state index contributed by atoms with van der Waals surface area (Å²) in [5.74, 6) is 0.0537. The summed E-state index contributed by atoms with van der Waals surface area (Å²) in [5, 5.41) is 27.0. The van der Waals surface area contributed by atoms with Crippen molar-refractivity contribution in [2.24, 2.45) is 0 Å². The van der Waals surface area contributed by atoms with Gasteiger partial charge in [-0.1, -0.05) is 17.7 Å². The van der Waals surface area contributed by atoms with E-state index in [9.17, 15) is 15.0 Å². The monoisotopic (exact) mass is 447 g/mol. The average Bonchev–Trinajstić information content (AvgIpc) is 3.18. The van der Waals surface area contributed by atoms with Gasteiger partial charge in [0, 0.05) is 5.02 Å². The maximum absolute atomic E-state index is 11.7. The summed E-state index contributed by atoms with van der Waals surface area (Å²) in [6.07, 6.45) is 1.45. The van der Waals surface area contributed by atoms with Crippen molar-refractivity contribution in [3.63, 3.8) is 0 Å². The molecule has 0 atom stereocenters. The molecule has 2 aromatic carbocycles. The standard InChI is InChI=1S/C20H18ClN3O5S/c1-3-29-16-8-11(4-6-14(16)25)9-17(19(26)27)30-20-22-18(23-24-20)13-10-12(21)5-7-15(13)28-2/h4-10,25H,3H2,1-2H3,(H,26,27)(H,22,23,24)/b17-9-. The number of rotatable bonds is 8. The second kappa shape index (κ2) is 9.55. The third kappa shape index (κ3) is 5.05. The number of hydrogen-bond donors (Lipinski definition) is 3. The minimum Gasteiger partial charge on any atom is -0.504 e. The van der Waals surface area contributed by atoms with Gasteiger partial charge in [0.05, 0.1) is 19.3 Å². The Balaban J connectivity index is 1.89. The Hall–Kier alpha value is -3.17. The number of methoxy groups -OCH3 is 1. The largest absolute Gasteiger partial charge is 0.504 e. The molecule has 156 valence electrons. The zero-order chi connectivity index (χ0) is 21.7. The van der Waals surface area contributed by atoms with E-state index in [1.54, 1.807) is 37.3 Å². The number of benzene rings is 2. The van der Waals surface area contributed by atoms with Crippen LogP contribution < -0.4 is 9.47 Å². The van der Waals surface area contributed by atoms with E-state index in [1.807, 2.05) is 0 Å². The first-order valence-corrected chi connectivity index (χ1v) is 9.95. The minimum absolute atomic E-state index is 0.00764. The number of nitrogens with zero attached hydrogens (tertiary/aromatic N) is 2. The Morgan fingerprint density at radius 3 is 2.77 bits per heavy atom. The lowest BCUT2D eigenvalue weighted by Crippen LogP contribution is -1.98. The van der Waals surface area contributed by atoms with Gasteiger partial charge in [0.1, 0.15) is 10.7 Å². The Labute approximate surface area is 181 Å². The molecule has 3 N–H and O–H groups in total. The van der Waals surface area contributed by atoms with Gasteiger partial charge in [-0.15, -0.1) is 5.10 Å². The number of thioether (sulfide) groups is 1. The van der Waals surface area contributed by atoms with Crippen molar-refractivity contribution in [1.29, 1.82) is 0 Å². The molecule has 1 aromatic heterocycles. The van der Waals surface area contributed by atoms with E-state index in [4.69, 9.17) is 21.1 Å². The highest BCUT2D eigenvalue weighted by atomic mass is 35.5. The third-order valence-electron chi connectivity index (χ3n) is 3.88. The smallest absolute Gasteiger partial charge is 0.342 e. The summed E-state index contributed by atoms with van der Waals surface area (Å²) in [5.41, 5.74) is 1.15. The van der Waals surface area contributed by atoms with Crippen LogP contribution in [0.25, 0.3) is 17.5 Å². The van der Waals surface area contributed by atoms with Gasteiger partial charge in [-0.05, 0) is 60.7 Å². The van der Waals surface area contributed by atoms with E-state index in [0.717, 1.165) is 11.8 Å². The highest BCUT2D eigenvalue weighted by Crippen LogP contribution is 2.34. The van der Waals surface area contributed by atoms with E-state index in [2.05, 4.69) is 15.2 Å². The van der Waals surface area contributed by atoms with E-state index in [-0.39, 0.29) is 21.6 Å². The van der Waals surface area contributed by atoms with E-state index < -0.39 is 5.97 Å². The lowest BCUT2D eigenvalue weighted by molar-refractivity contribution is -0.131. The number of carboxylic acids is 1. The van der Waals surface area contributed by atoms with Crippen molar-refractivity contribution >= 4 is 35.4 Å². The molecule has 0 amide bonds. The SMILES string of the molecule is CCOc1cc(/C=C(\Sc2n[nH]c(-c3cc(Cl)ccc3OC)n2)C(=O)O)ccc1O. The van der Waals surface area contributed by atoms with E-state index in [0.29, 0.717) is 34.3 Å². The number of halogens is 1. The molecule has 8 nitrogen and oxygen atoms in total. The molecule has 0 aliphatic rings. The number of carbonyl (C=O) groups is 1. The van der Waals surface area contributed by atoms with Gasteiger partial charge in [-0.2, -0.15) is 0 Å². The second-order valence-electron chi connectivity index (χ2n) is 5.89. The predicted molar refractivity (Wildman–Crippen MR) is 114 cm³/mol. The molecule has 0 aliphatic heterocycles. The van der Waals surface area contributed by atoms with Crippen molar-refractivity contribution < 1.29 is 24.5 Å². The second-order valence-corrected chi connectivity index (χ2v) is 7.33. The summed E-state index contributed by atoms with van der Waals surface area (Å²) in [6.45, 7) is 2.16. The number of hydrogen-bond acceptors (Lipinski definition) is 7. The average molecular weight is 448 g/mol. The number of ether oxygens (including phenoxy) is 2. The number of aliphatic carboxylic acids is 1. The topological polar surface area (TPSA) is 118 Å². The van der Waals surface area contributed by atoms with Crippen molar-refractivity contribution in [1.82, 2.24) is 15.2 Å². The van der Waals surface area contributed by atoms with Crippen LogP contribution in [0.15, 0.2) is 46.5 Å². The Morgan fingerprint density at radius 1 is 1.27 bits per heavy atom. The molecule has 0 saturated heterocycles. The van der Waals surface area contributed by atoms with Crippen LogP contribution in [0.3, 0.4) is 0 Å². The Morgan fingerprint density at radius 2 is 2.07 bits per heavy atom. The van der Waals surface area contributed by atoms with Gasteiger partial charge < -0.3 is 19.7 Å². The highest BCUT2D eigenvalue weighted by molar-refractivity contribution is 8.04. The fourth-order valence-corrected chi connectivity index (χ4v) is 3.43. The van der Waals surface area contributed by atoms with Crippen LogP contribution >= 0.6 is 23.4 Å². The summed E-state index contributed by atoms with van der Waals surface area (Å²) >= 11 is 6.93. The van der Waals surface area contributed by atoms with Crippen molar-refractivity contribution in [3.05, 3.63) is 51.9 Å². The number of aromatic amines is 1. The van der Waals surface area contributed by atoms with Crippen molar-refractivity contribution in [2.45, 2.75) is 12.1 Å². The minimum atomic E-state index is -1.14. The molecule has 3 rings (SSSR count). The number of phenols is 1. The molecule has 0 saturated carbocycles. The van der Waals surface area contributed by atoms with Crippen LogP contribution in [0, 0.1) is 0 Å². The van der Waals surface area contributed by atoms with Crippen LogP contribution in [-0.4, -0.2) is 45.1 Å². The zero-order valence-electron chi connectivity index (χ0n) is 16.0. The Bertz CT molecular complexity index is 1100. The normalized spacial score (nSPS) is 11.4. The number of aromatic nitrogens is 3. The molecule has 0 radical (unpaired) electrons. The van der Waals surface area contributed by atoms with Crippen LogP contribution in [0.2, 0.25) is 5.02 Å². The van der Waals surface area contributed by atoms with Crippen molar-refractivity contribution in [3.8, 4) is 28.6 Å². The number of carboxylic acid groups (broad SMARTS) is 1. The molecule has 10 heteroatoms. The lowest BCUT2D eigenvalue weighted by atomic mass is 10.2. The summed E-state index contributed by atoms with van der Waals surface area (Å²) in [4.78, 5) is 16.1. The maximum Gasteiger partial charge on any atom is 0.342 e. The van der Waals surface area contributed by atoms with Gasteiger partial charge in [0.2, 0.25) is 5.16 Å². The van der Waals surface area contributed by atoms with Gasteiger partial charge >= 0.3 is 5.97 Å². The van der Waals surface area contributed by atoms with Crippen LogP contribution in [0.1, 0.15) is 12.5 Å². The first-order chi connectivity index (χ1) is 14.4. The van der Waals surface area contributed by atoms with Crippen LogP contribution in [0.5, 0.6) is 17.2 Å². The van der Waals surface area contributed by atoms with E-state index >= 15 is 0 Å². The first-order valence-electron chi connectivity index (χ1n) is 8.76. The fourth-order valence-electron chi connectivity index (χ4n) is 2.55. The molecule has 3 aromatic rings. The molecule has 0 aliphatic carbocycles. The number of aromatic hydroxyl groups is 1. The molecule has 0 spiro atoms. The number of H-pyrrole nitrogens is 1. The molecule has 0 bridgehead atoms. The lowest BCUT2D eigenvalue weighted by Gasteiger charge is -2.07. The predicted octanol–water partition coefficient (Wildman–Crippen LogP) is 4.46. The molecule has 0 fully saturated rings. The number of phenolic OH excluding ortho intramolecular Hbond substituents is 1. The molecule has 1 heterocycles. The summed E-state index contributed by atoms with van der Waals surface area (Å²) < 4.78 is 10.6.